The van der Waals surface area contributed by atoms with Gasteiger partial charge in [0.15, 0.2) is 0 Å². The van der Waals surface area contributed by atoms with E-state index in [2.05, 4.69) is 15.2 Å². The zero-order valence-electron chi connectivity index (χ0n) is 23.5. The SMILES string of the molecule is COc1cccc(CC(=O)N2CCCCCCNC(=O)[C@H]3C[C@H](C(=O)N4CCN(c5ccccn5)CC4)C[C@H]32)c1. The van der Waals surface area contributed by atoms with E-state index in [1.807, 2.05) is 52.3 Å². The minimum absolute atomic E-state index is 0.00683. The molecule has 3 fully saturated rings. The summed E-state index contributed by atoms with van der Waals surface area (Å²) in [6, 6.07) is 13.2. The van der Waals surface area contributed by atoms with E-state index in [1.165, 1.54) is 0 Å². The van der Waals surface area contributed by atoms with Crippen LogP contribution < -0.4 is 15.0 Å². The Labute approximate surface area is 236 Å². The number of piperazine rings is 1. The maximum absolute atomic E-state index is 13.8. The van der Waals surface area contributed by atoms with Crippen LogP contribution in [0.2, 0.25) is 0 Å². The molecule has 2 saturated heterocycles. The fourth-order valence-electron chi connectivity index (χ4n) is 6.44. The third-order valence-electron chi connectivity index (χ3n) is 8.61. The highest BCUT2D eigenvalue weighted by molar-refractivity contribution is 5.86. The van der Waals surface area contributed by atoms with Crippen molar-refractivity contribution in [1.82, 2.24) is 20.1 Å². The number of ether oxygens (including phenoxy) is 1. The van der Waals surface area contributed by atoms with Gasteiger partial charge in [-0.05, 0) is 55.5 Å². The predicted molar refractivity (Wildman–Crippen MR) is 153 cm³/mol. The van der Waals surface area contributed by atoms with E-state index < -0.39 is 0 Å². The Kier molecular flexibility index (Phi) is 9.19. The van der Waals surface area contributed by atoms with E-state index in [0.717, 1.165) is 55.9 Å². The van der Waals surface area contributed by atoms with E-state index in [1.54, 1.807) is 13.3 Å². The number of nitrogens with zero attached hydrogens (tertiary/aromatic N) is 4. The molecular formula is C31H41N5O4. The third kappa shape index (κ3) is 6.57. The van der Waals surface area contributed by atoms with Crippen LogP contribution in [0.3, 0.4) is 0 Å². The molecule has 0 unspecified atom stereocenters. The first-order valence-corrected chi connectivity index (χ1v) is 14.7. The summed E-state index contributed by atoms with van der Waals surface area (Å²) < 4.78 is 5.35. The molecule has 40 heavy (non-hydrogen) atoms. The van der Waals surface area contributed by atoms with Gasteiger partial charge in [-0.25, -0.2) is 4.98 Å². The molecule has 0 radical (unpaired) electrons. The van der Waals surface area contributed by atoms with Gasteiger partial charge < -0.3 is 24.8 Å². The smallest absolute Gasteiger partial charge is 0.227 e. The average Bonchev–Trinajstić information content (AvgIpc) is 3.42. The summed E-state index contributed by atoms with van der Waals surface area (Å²) in [4.78, 5) is 51.4. The standard InChI is InChI=1S/C31H41N5O4/c1-40-25-10-8-9-23(19-25)20-29(37)36-14-7-3-2-5-13-33-30(38)26-21-24(22-27(26)36)31(39)35-17-15-34(16-18-35)28-11-4-6-12-32-28/h4,6,8-12,19,24,26-27H,2-3,5,7,13-18,20-22H2,1H3,(H,33,38)/t24-,26-,27+/m0/s1. The number of amides is 3. The lowest BCUT2D eigenvalue weighted by Gasteiger charge is -2.36. The van der Waals surface area contributed by atoms with Crippen LogP contribution in [-0.2, 0) is 20.8 Å². The molecule has 9 heteroatoms. The van der Waals surface area contributed by atoms with Crippen LogP contribution >= 0.6 is 0 Å². The highest BCUT2D eigenvalue weighted by Crippen LogP contribution is 2.37. The van der Waals surface area contributed by atoms with Crippen molar-refractivity contribution in [3.63, 3.8) is 0 Å². The summed E-state index contributed by atoms with van der Waals surface area (Å²) in [5.74, 6) is 1.09. The number of anilines is 1. The maximum Gasteiger partial charge on any atom is 0.227 e. The van der Waals surface area contributed by atoms with Gasteiger partial charge in [-0.2, -0.15) is 0 Å². The number of pyridine rings is 1. The highest BCUT2D eigenvalue weighted by atomic mass is 16.5. The third-order valence-corrected chi connectivity index (χ3v) is 8.61. The molecule has 3 aliphatic rings. The minimum Gasteiger partial charge on any atom is -0.497 e. The molecule has 2 aliphatic heterocycles. The molecule has 1 saturated carbocycles. The van der Waals surface area contributed by atoms with E-state index >= 15 is 0 Å². The lowest BCUT2D eigenvalue weighted by Crippen LogP contribution is -2.50. The Morgan fingerprint density at radius 3 is 2.58 bits per heavy atom. The molecule has 3 atom stereocenters. The van der Waals surface area contributed by atoms with Crippen LogP contribution in [-0.4, -0.2) is 84.9 Å². The first-order chi connectivity index (χ1) is 19.5. The first-order valence-electron chi connectivity index (χ1n) is 14.7. The molecule has 3 heterocycles. The topological polar surface area (TPSA) is 95.1 Å². The number of carbonyl (C=O) groups is 3. The second kappa shape index (κ2) is 13.2. The Bertz CT molecular complexity index is 1170. The lowest BCUT2D eigenvalue weighted by atomic mass is 9.99. The Hall–Kier alpha value is -3.62. The van der Waals surface area contributed by atoms with Gasteiger partial charge in [0, 0.05) is 57.4 Å². The van der Waals surface area contributed by atoms with Crippen molar-refractivity contribution in [2.24, 2.45) is 11.8 Å². The summed E-state index contributed by atoms with van der Waals surface area (Å²) >= 11 is 0. The number of methoxy groups -OCH3 is 1. The zero-order chi connectivity index (χ0) is 27.9. The van der Waals surface area contributed by atoms with Crippen molar-refractivity contribution in [3.05, 3.63) is 54.2 Å². The summed E-state index contributed by atoms with van der Waals surface area (Å²) in [7, 11) is 1.62. The van der Waals surface area contributed by atoms with Crippen LogP contribution in [0.4, 0.5) is 5.82 Å². The summed E-state index contributed by atoms with van der Waals surface area (Å²) in [6.45, 7) is 3.98. The van der Waals surface area contributed by atoms with Crippen LogP contribution in [0.5, 0.6) is 5.75 Å². The molecule has 0 spiro atoms. The van der Waals surface area contributed by atoms with Crippen molar-refractivity contribution in [2.45, 2.75) is 51.0 Å². The lowest BCUT2D eigenvalue weighted by molar-refractivity contribution is -0.137. The normalized spacial score (nSPS) is 24.1. The molecule has 2 aromatic rings. The quantitative estimate of drug-likeness (QED) is 0.619. The molecule has 1 N–H and O–H groups in total. The Morgan fingerprint density at radius 1 is 0.975 bits per heavy atom. The Balaban J connectivity index is 1.30. The molecule has 1 aromatic carbocycles. The van der Waals surface area contributed by atoms with Crippen molar-refractivity contribution in [3.8, 4) is 5.75 Å². The van der Waals surface area contributed by atoms with Crippen LogP contribution in [0.25, 0.3) is 0 Å². The van der Waals surface area contributed by atoms with E-state index in [9.17, 15) is 14.4 Å². The highest BCUT2D eigenvalue weighted by Gasteiger charge is 2.46. The number of hydrogen-bond donors (Lipinski definition) is 1. The van der Waals surface area contributed by atoms with Crippen molar-refractivity contribution in [1.29, 1.82) is 0 Å². The van der Waals surface area contributed by atoms with Gasteiger partial charge in [0.25, 0.3) is 0 Å². The molecule has 1 aliphatic carbocycles. The van der Waals surface area contributed by atoms with Crippen molar-refractivity contribution < 1.29 is 19.1 Å². The van der Waals surface area contributed by atoms with Gasteiger partial charge in [0.1, 0.15) is 11.6 Å². The number of aromatic nitrogens is 1. The number of hydrogen-bond acceptors (Lipinski definition) is 6. The van der Waals surface area contributed by atoms with Crippen LogP contribution in [0, 0.1) is 11.8 Å². The number of fused-ring (bicyclic) bond motifs is 1. The minimum atomic E-state index is -0.379. The summed E-state index contributed by atoms with van der Waals surface area (Å²) in [5.41, 5.74) is 0.885. The monoisotopic (exact) mass is 547 g/mol. The number of rotatable bonds is 5. The maximum atomic E-state index is 13.8. The fraction of sp³-hybridized carbons (Fsp3) is 0.548. The second-order valence-electron chi connectivity index (χ2n) is 11.2. The van der Waals surface area contributed by atoms with Gasteiger partial charge in [-0.3, -0.25) is 14.4 Å². The number of carbonyl (C=O) groups excluding carboxylic acids is 3. The molecule has 3 amide bonds. The average molecular weight is 548 g/mol. The first kappa shape index (κ1) is 27.9. The van der Waals surface area contributed by atoms with Gasteiger partial charge >= 0.3 is 0 Å². The zero-order valence-corrected chi connectivity index (χ0v) is 23.5. The fourth-order valence-corrected chi connectivity index (χ4v) is 6.44. The van der Waals surface area contributed by atoms with Gasteiger partial charge in [-0.1, -0.05) is 31.0 Å². The van der Waals surface area contributed by atoms with E-state index in [-0.39, 0.29) is 42.0 Å². The van der Waals surface area contributed by atoms with Gasteiger partial charge in [0.05, 0.1) is 19.4 Å². The predicted octanol–water partition coefficient (Wildman–Crippen LogP) is 2.90. The van der Waals surface area contributed by atoms with E-state index in [0.29, 0.717) is 39.0 Å². The summed E-state index contributed by atoms with van der Waals surface area (Å²) in [6.07, 6.45) is 6.92. The van der Waals surface area contributed by atoms with Crippen molar-refractivity contribution >= 4 is 23.5 Å². The summed E-state index contributed by atoms with van der Waals surface area (Å²) in [5, 5.41) is 3.11. The molecule has 1 aromatic heterocycles. The number of benzene rings is 1. The number of nitrogens with one attached hydrogen (secondary N) is 1. The van der Waals surface area contributed by atoms with Gasteiger partial charge in [-0.15, -0.1) is 0 Å². The molecule has 5 rings (SSSR count). The molecule has 9 nitrogen and oxygen atoms in total. The second-order valence-corrected chi connectivity index (χ2v) is 11.2. The largest absolute Gasteiger partial charge is 0.497 e. The molecular weight excluding hydrogens is 506 g/mol. The van der Waals surface area contributed by atoms with Crippen molar-refractivity contribution in [2.75, 3.05) is 51.3 Å². The van der Waals surface area contributed by atoms with Crippen LogP contribution in [0.15, 0.2) is 48.7 Å². The van der Waals surface area contributed by atoms with E-state index in [4.69, 9.17) is 4.74 Å². The molecule has 214 valence electrons. The van der Waals surface area contributed by atoms with Gasteiger partial charge in [0.2, 0.25) is 17.7 Å². The molecule has 0 bridgehead atoms. The van der Waals surface area contributed by atoms with Crippen LogP contribution in [0.1, 0.15) is 44.1 Å². The Morgan fingerprint density at radius 2 is 1.80 bits per heavy atom.